The Bertz CT molecular complexity index is 2300. The van der Waals surface area contributed by atoms with Crippen molar-refractivity contribution in [3.8, 4) is 16.9 Å². The zero-order chi connectivity index (χ0) is 40.4. The number of carbonyl (C=O) groups excluding carboxylic acids is 4. The number of carboxylic acids is 1. The molecule has 294 valence electrons. The predicted molar refractivity (Wildman–Crippen MR) is 217 cm³/mol. The lowest BCUT2D eigenvalue weighted by atomic mass is 9.97. The number of nitrogens with zero attached hydrogens (tertiary/aromatic N) is 1. The number of carboxylic acid groups (broad SMARTS) is 1. The Balaban J connectivity index is 1.23. The first-order valence-corrected chi connectivity index (χ1v) is 19.1. The van der Waals surface area contributed by atoms with Crippen molar-refractivity contribution in [3.05, 3.63) is 162 Å². The Labute approximate surface area is 335 Å². The Kier molecular flexibility index (Phi) is 12.3. The second kappa shape index (κ2) is 18.2. The maximum absolute atomic E-state index is 14.5. The summed E-state index contributed by atoms with van der Waals surface area (Å²) in [5.41, 5.74) is 6.86. The minimum atomic E-state index is -1.33. The van der Waals surface area contributed by atoms with Gasteiger partial charge in [0.2, 0.25) is 17.7 Å². The number of amides is 4. The summed E-state index contributed by atoms with van der Waals surface area (Å²) >= 11 is 0. The van der Waals surface area contributed by atoms with E-state index in [1.54, 1.807) is 48.8 Å². The zero-order valence-corrected chi connectivity index (χ0v) is 31.6. The van der Waals surface area contributed by atoms with Gasteiger partial charge in [0.05, 0.1) is 0 Å². The summed E-state index contributed by atoms with van der Waals surface area (Å²) in [5.74, 6) is -3.46. The zero-order valence-electron chi connectivity index (χ0n) is 31.6. The van der Waals surface area contributed by atoms with Crippen LogP contribution in [0, 0.1) is 0 Å². The Hall–Kier alpha value is -7.08. The van der Waals surface area contributed by atoms with Crippen LogP contribution in [0.2, 0.25) is 0 Å². The van der Waals surface area contributed by atoms with E-state index in [9.17, 15) is 29.1 Å². The maximum Gasteiger partial charge on any atom is 0.326 e. The summed E-state index contributed by atoms with van der Waals surface area (Å²) < 4.78 is 5.71. The number of hydrogen-bond donors (Lipinski definition) is 5. The second-order valence-electron chi connectivity index (χ2n) is 14.4. The Morgan fingerprint density at radius 2 is 1.22 bits per heavy atom. The predicted octanol–water partition coefficient (Wildman–Crippen LogP) is 4.22. The molecule has 3 heterocycles. The van der Waals surface area contributed by atoms with Gasteiger partial charge in [0.25, 0.3) is 5.91 Å². The largest absolute Gasteiger partial charge is 0.484 e. The summed E-state index contributed by atoms with van der Waals surface area (Å²) in [5, 5.41) is 21.4. The van der Waals surface area contributed by atoms with Crippen LogP contribution in [0.25, 0.3) is 16.7 Å². The van der Waals surface area contributed by atoms with E-state index in [2.05, 4.69) is 26.3 Å². The van der Waals surface area contributed by atoms with Crippen LogP contribution in [0.4, 0.5) is 0 Å². The molecule has 5 N–H and O–H groups in total. The van der Waals surface area contributed by atoms with Crippen LogP contribution < -0.4 is 26.0 Å². The van der Waals surface area contributed by atoms with E-state index < -0.39 is 60.4 Å². The molecular weight excluding hydrogens is 735 g/mol. The van der Waals surface area contributed by atoms with Crippen molar-refractivity contribution < 1.29 is 33.8 Å². The molecule has 12 heteroatoms. The van der Waals surface area contributed by atoms with Crippen LogP contribution in [0.1, 0.15) is 34.2 Å². The molecule has 4 aromatic carbocycles. The summed E-state index contributed by atoms with van der Waals surface area (Å²) in [6.45, 7) is -0.411. The Morgan fingerprint density at radius 1 is 0.638 bits per heavy atom. The number of benzene rings is 4. The SMILES string of the molecule is O=C1COc2ccc(cc2)C[C@@H](C(=O)O)NC(=O)[C@H](CC2=CCc3ccccc32)NC(=O)[C@@H](Cc2ccc(-c3ccccc3)cc2)NC(=O)[C@H](Cc2ccncc2)N1. The van der Waals surface area contributed by atoms with Gasteiger partial charge >= 0.3 is 5.97 Å². The number of aromatic nitrogens is 1. The molecule has 0 saturated carbocycles. The van der Waals surface area contributed by atoms with E-state index >= 15 is 0 Å². The molecule has 0 spiro atoms. The topological polar surface area (TPSA) is 176 Å². The van der Waals surface area contributed by atoms with Crippen molar-refractivity contribution in [3.63, 3.8) is 0 Å². The van der Waals surface area contributed by atoms with Gasteiger partial charge in [-0.05, 0) is 75.2 Å². The normalized spacial score (nSPS) is 20.1. The molecule has 0 radical (unpaired) electrons. The quantitative estimate of drug-likeness (QED) is 0.146. The lowest BCUT2D eigenvalue weighted by Crippen LogP contribution is -2.58. The van der Waals surface area contributed by atoms with Crippen LogP contribution in [0.3, 0.4) is 0 Å². The number of rotatable bonds is 8. The van der Waals surface area contributed by atoms with E-state index in [1.807, 2.05) is 84.9 Å². The van der Waals surface area contributed by atoms with Crippen LogP contribution in [-0.2, 0) is 49.7 Å². The van der Waals surface area contributed by atoms with Crippen molar-refractivity contribution in [2.75, 3.05) is 6.61 Å². The average molecular weight is 778 g/mol. The van der Waals surface area contributed by atoms with E-state index in [-0.39, 0.29) is 25.7 Å². The van der Waals surface area contributed by atoms with Crippen LogP contribution in [0.15, 0.2) is 134 Å². The third-order valence-corrected chi connectivity index (χ3v) is 10.3. The molecule has 1 aromatic heterocycles. The summed E-state index contributed by atoms with van der Waals surface area (Å²) in [7, 11) is 0. The molecule has 1 aliphatic carbocycles. The average Bonchev–Trinajstić information content (AvgIpc) is 3.65. The van der Waals surface area contributed by atoms with Crippen LogP contribution in [0.5, 0.6) is 5.75 Å². The molecule has 0 saturated heterocycles. The van der Waals surface area contributed by atoms with Gasteiger partial charge in [0, 0.05) is 38.1 Å². The van der Waals surface area contributed by atoms with Crippen molar-refractivity contribution in [2.45, 2.75) is 56.3 Å². The monoisotopic (exact) mass is 777 g/mol. The Morgan fingerprint density at radius 3 is 1.91 bits per heavy atom. The van der Waals surface area contributed by atoms with Crippen LogP contribution in [-0.4, -0.2) is 70.5 Å². The van der Waals surface area contributed by atoms with Gasteiger partial charge in [0.15, 0.2) is 6.61 Å². The minimum Gasteiger partial charge on any atom is -0.484 e. The highest BCUT2D eigenvalue weighted by Gasteiger charge is 2.33. The highest BCUT2D eigenvalue weighted by Crippen LogP contribution is 2.31. The van der Waals surface area contributed by atoms with Crippen molar-refractivity contribution in [1.29, 1.82) is 0 Å². The molecule has 12 nitrogen and oxygen atoms in total. The van der Waals surface area contributed by atoms with Gasteiger partial charge in [0.1, 0.15) is 29.9 Å². The van der Waals surface area contributed by atoms with Crippen molar-refractivity contribution in [2.24, 2.45) is 0 Å². The van der Waals surface area contributed by atoms with Crippen molar-refractivity contribution >= 4 is 35.2 Å². The molecule has 4 amide bonds. The first-order chi connectivity index (χ1) is 28.2. The molecule has 3 aliphatic rings. The number of fused-ring (bicyclic) bond motifs is 17. The molecule has 58 heavy (non-hydrogen) atoms. The second-order valence-corrected chi connectivity index (χ2v) is 14.4. The number of nitrogens with one attached hydrogen (secondary N) is 4. The molecule has 8 rings (SSSR count). The lowest BCUT2D eigenvalue weighted by molar-refractivity contribution is -0.142. The summed E-state index contributed by atoms with van der Waals surface area (Å²) in [6, 6.07) is 30.3. The number of carbonyl (C=O) groups is 5. The first kappa shape index (κ1) is 39.2. The lowest BCUT2D eigenvalue weighted by Gasteiger charge is -2.27. The standard InChI is InChI=1S/C46H43N5O7/c52-42-28-58-36-18-12-30(13-19-36)26-41(46(56)57)51-45(55)40(27-35-17-16-34-8-4-5-9-37(34)35)50-44(54)39(49-43(53)38(48-42)25-31-20-22-47-23-21-31)24-29-10-14-33(15-11-29)32-6-2-1-3-7-32/h1-15,17-23,38-41H,16,24-28H2,(H,48,52)(H,49,53)(H,50,54)(H,51,55)(H,56,57)/t38-,39+,40-,41-/m0/s1. The fourth-order valence-corrected chi connectivity index (χ4v) is 7.21. The molecule has 2 bridgehead atoms. The molecule has 4 atom stereocenters. The highest BCUT2D eigenvalue weighted by molar-refractivity contribution is 5.96. The van der Waals surface area contributed by atoms with Gasteiger partial charge in [-0.15, -0.1) is 0 Å². The van der Waals surface area contributed by atoms with Gasteiger partial charge in [-0.2, -0.15) is 0 Å². The van der Waals surface area contributed by atoms with Crippen molar-refractivity contribution in [1.82, 2.24) is 26.3 Å². The number of aliphatic carboxylic acids is 1. The number of ether oxygens (including phenoxy) is 1. The fourth-order valence-electron chi connectivity index (χ4n) is 7.21. The fraction of sp³-hybridized carbons (Fsp3) is 0.217. The third-order valence-electron chi connectivity index (χ3n) is 10.3. The number of hydrogen-bond acceptors (Lipinski definition) is 7. The van der Waals surface area contributed by atoms with Gasteiger partial charge in [-0.25, -0.2) is 4.79 Å². The van der Waals surface area contributed by atoms with Gasteiger partial charge < -0.3 is 31.1 Å². The molecule has 2 aliphatic heterocycles. The van der Waals surface area contributed by atoms with E-state index in [4.69, 9.17) is 4.74 Å². The van der Waals surface area contributed by atoms with E-state index in [1.165, 1.54) is 0 Å². The number of allylic oxidation sites excluding steroid dienone is 1. The third kappa shape index (κ3) is 10.0. The highest BCUT2D eigenvalue weighted by atomic mass is 16.5. The molecular formula is C46H43N5O7. The maximum atomic E-state index is 14.5. The first-order valence-electron chi connectivity index (χ1n) is 19.1. The molecule has 0 unspecified atom stereocenters. The molecule has 5 aromatic rings. The van der Waals surface area contributed by atoms with E-state index in [0.29, 0.717) is 17.7 Å². The molecule has 0 fully saturated rings. The summed E-state index contributed by atoms with van der Waals surface area (Å²) in [4.78, 5) is 72.8. The smallest absolute Gasteiger partial charge is 0.326 e. The van der Waals surface area contributed by atoms with E-state index in [0.717, 1.165) is 39.0 Å². The van der Waals surface area contributed by atoms with Gasteiger partial charge in [-0.1, -0.05) is 97.1 Å². The van der Waals surface area contributed by atoms with Gasteiger partial charge in [-0.3, -0.25) is 24.2 Å². The van der Waals surface area contributed by atoms with Crippen LogP contribution >= 0.6 is 0 Å². The summed E-state index contributed by atoms with van der Waals surface area (Å²) in [6.07, 6.45) is 5.95. The number of pyridine rings is 1. The minimum absolute atomic E-state index is 0.0390.